The average molecular weight is 247 g/mol. The van der Waals surface area contributed by atoms with Crippen LogP contribution in [0.1, 0.15) is 35.8 Å². The first kappa shape index (κ1) is 13.0. The van der Waals surface area contributed by atoms with E-state index in [9.17, 15) is 4.79 Å². The van der Waals surface area contributed by atoms with Crippen molar-refractivity contribution in [1.29, 1.82) is 0 Å². The molecule has 98 valence electrons. The molecular formula is C14H21N3O. The smallest absolute Gasteiger partial charge is 0.272 e. The second-order valence-corrected chi connectivity index (χ2v) is 4.82. The Kier molecular flexibility index (Phi) is 4.31. The van der Waals surface area contributed by atoms with Crippen LogP contribution in [0, 0.1) is 6.92 Å². The van der Waals surface area contributed by atoms with E-state index in [1.165, 1.54) is 0 Å². The van der Waals surface area contributed by atoms with E-state index in [1.807, 2.05) is 24.0 Å². The number of likely N-dealkylation sites (tertiary alicyclic amines) is 1. The maximum Gasteiger partial charge on any atom is 0.272 e. The van der Waals surface area contributed by atoms with E-state index in [-0.39, 0.29) is 5.91 Å². The van der Waals surface area contributed by atoms with Gasteiger partial charge in [0.05, 0.1) is 0 Å². The number of amides is 1. The lowest BCUT2D eigenvalue weighted by atomic mass is 10.0. The normalized spacial score (nSPS) is 19.9. The van der Waals surface area contributed by atoms with Crippen molar-refractivity contribution in [2.75, 3.05) is 19.6 Å². The second-order valence-electron chi connectivity index (χ2n) is 4.82. The van der Waals surface area contributed by atoms with Gasteiger partial charge in [-0.15, -0.1) is 0 Å². The summed E-state index contributed by atoms with van der Waals surface area (Å²) in [4.78, 5) is 18.5. The molecule has 2 heterocycles. The third-order valence-corrected chi connectivity index (χ3v) is 3.41. The first-order valence-electron chi connectivity index (χ1n) is 6.66. The van der Waals surface area contributed by atoms with E-state index >= 15 is 0 Å². The maximum absolute atomic E-state index is 12.4. The number of likely N-dealkylation sites (N-methyl/N-ethyl adjacent to an activating group) is 1. The van der Waals surface area contributed by atoms with Crippen molar-refractivity contribution in [2.24, 2.45) is 0 Å². The van der Waals surface area contributed by atoms with Gasteiger partial charge in [0.15, 0.2) is 0 Å². The van der Waals surface area contributed by atoms with Crippen LogP contribution in [0.2, 0.25) is 0 Å². The number of aromatic nitrogens is 1. The minimum atomic E-state index is 0.0655. The summed E-state index contributed by atoms with van der Waals surface area (Å²) in [5.41, 5.74) is 1.54. The third-order valence-electron chi connectivity index (χ3n) is 3.41. The quantitative estimate of drug-likeness (QED) is 0.882. The van der Waals surface area contributed by atoms with Crippen LogP contribution in [-0.2, 0) is 0 Å². The molecule has 4 heteroatoms. The van der Waals surface area contributed by atoms with E-state index in [4.69, 9.17) is 0 Å². The van der Waals surface area contributed by atoms with Gasteiger partial charge in [-0.05, 0) is 37.9 Å². The number of carbonyl (C=O) groups excluding carboxylic acids is 1. The number of hydrogen-bond acceptors (Lipinski definition) is 3. The summed E-state index contributed by atoms with van der Waals surface area (Å²) < 4.78 is 0. The molecule has 1 amide bonds. The monoisotopic (exact) mass is 247 g/mol. The predicted molar refractivity (Wildman–Crippen MR) is 71.6 cm³/mol. The number of nitrogens with one attached hydrogen (secondary N) is 1. The summed E-state index contributed by atoms with van der Waals surface area (Å²) in [5, 5.41) is 3.42. The number of rotatable bonds is 3. The van der Waals surface area contributed by atoms with Crippen LogP contribution in [-0.4, -0.2) is 41.5 Å². The molecule has 0 bridgehead atoms. The summed E-state index contributed by atoms with van der Waals surface area (Å²) >= 11 is 0. The summed E-state index contributed by atoms with van der Waals surface area (Å²) in [5.74, 6) is 0.0655. The Balaban J connectivity index is 2.07. The highest BCUT2D eigenvalue weighted by molar-refractivity contribution is 5.93. The minimum Gasteiger partial charge on any atom is -0.336 e. The van der Waals surface area contributed by atoms with Gasteiger partial charge in [-0.25, -0.2) is 0 Å². The Morgan fingerprint density at radius 1 is 1.61 bits per heavy atom. The summed E-state index contributed by atoms with van der Waals surface area (Å²) in [6.45, 7) is 6.63. The lowest BCUT2D eigenvalue weighted by molar-refractivity contribution is 0.0689. The standard InChI is InChI=1S/C14H21N3O/c1-3-15-12-7-5-9-17(10-12)14(18)13-11(2)6-4-8-16-13/h4,6,8,12,15H,3,5,7,9-10H2,1-2H3. The number of carbonyl (C=O) groups is 1. The Labute approximate surface area is 108 Å². The van der Waals surface area contributed by atoms with Gasteiger partial charge in [-0.1, -0.05) is 13.0 Å². The highest BCUT2D eigenvalue weighted by atomic mass is 16.2. The van der Waals surface area contributed by atoms with Crippen LogP contribution in [0.25, 0.3) is 0 Å². The SMILES string of the molecule is CCNC1CCCN(C(=O)c2ncccc2C)C1. The molecule has 1 saturated heterocycles. The van der Waals surface area contributed by atoms with Gasteiger partial charge in [0.1, 0.15) is 5.69 Å². The zero-order valence-corrected chi connectivity index (χ0v) is 11.1. The molecule has 4 nitrogen and oxygen atoms in total. The molecule has 1 aromatic heterocycles. The summed E-state index contributed by atoms with van der Waals surface area (Å²) in [6, 6.07) is 4.23. The largest absolute Gasteiger partial charge is 0.336 e. The van der Waals surface area contributed by atoms with Crippen molar-refractivity contribution < 1.29 is 4.79 Å². The van der Waals surface area contributed by atoms with E-state index in [0.717, 1.165) is 38.0 Å². The molecule has 0 aliphatic carbocycles. The second kappa shape index (κ2) is 5.96. The van der Waals surface area contributed by atoms with Gasteiger partial charge < -0.3 is 10.2 Å². The molecule has 2 rings (SSSR count). The summed E-state index contributed by atoms with van der Waals surface area (Å²) in [7, 11) is 0. The number of aryl methyl sites for hydroxylation is 1. The van der Waals surface area contributed by atoms with Gasteiger partial charge in [-0.3, -0.25) is 9.78 Å². The highest BCUT2D eigenvalue weighted by Gasteiger charge is 2.25. The van der Waals surface area contributed by atoms with Crippen molar-refractivity contribution in [3.8, 4) is 0 Å². The first-order valence-corrected chi connectivity index (χ1v) is 6.66. The van der Waals surface area contributed by atoms with Crippen molar-refractivity contribution in [3.05, 3.63) is 29.6 Å². The van der Waals surface area contributed by atoms with Crippen LogP contribution >= 0.6 is 0 Å². The molecule has 1 aliphatic rings. The predicted octanol–water partition coefficient (Wildman–Crippen LogP) is 1.60. The molecular weight excluding hydrogens is 226 g/mol. The van der Waals surface area contributed by atoms with E-state index in [0.29, 0.717) is 11.7 Å². The molecule has 1 unspecified atom stereocenters. The van der Waals surface area contributed by atoms with Crippen LogP contribution in [0.3, 0.4) is 0 Å². The fourth-order valence-electron chi connectivity index (χ4n) is 2.48. The van der Waals surface area contributed by atoms with Crippen LogP contribution in [0.15, 0.2) is 18.3 Å². The van der Waals surface area contributed by atoms with Crippen molar-refractivity contribution in [1.82, 2.24) is 15.2 Å². The molecule has 1 N–H and O–H groups in total. The molecule has 0 radical (unpaired) electrons. The van der Waals surface area contributed by atoms with Crippen LogP contribution in [0.5, 0.6) is 0 Å². The van der Waals surface area contributed by atoms with Gasteiger partial charge in [0, 0.05) is 25.3 Å². The number of piperidine rings is 1. The highest BCUT2D eigenvalue weighted by Crippen LogP contribution is 2.14. The van der Waals surface area contributed by atoms with E-state index < -0.39 is 0 Å². The Morgan fingerprint density at radius 2 is 2.44 bits per heavy atom. The van der Waals surface area contributed by atoms with Gasteiger partial charge in [0.2, 0.25) is 0 Å². The topological polar surface area (TPSA) is 45.2 Å². The van der Waals surface area contributed by atoms with Gasteiger partial charge in [0.25, 0.3) is 5.91 Å². The number of pyridine rings is 1. The van der Waals surface area contributed by atoms with Gasteiger partial charge >= 0.3 is 0 Å². The van der Waals surface area contributed by atoms with Crippen LogP contribution in [0.4, 0.5) is 0 Å². The Bertz CT molecular complexity index is 417. The molecule has 1 fully saturated rings. The molecule has 1 atom stereocenters. The molecule has 0 aromatic carbocycles. The average Bonchev–Trinajstić information content (AvgIpc) is 2.39. The van der Waals surface area contributed by atoms with Gasteiger partial charge in [-0.2, -0.15) is 0 Å². The molecule has 0 spiro atoms. The molecule has 0 saturated carbocycles. The zero-order valence-electron chi connectivity index (χ0n) is 11.1. The van der Waals surface area contributed by atoms with Crippen molar-refractivity contribution in [3.63, 3.8) is 0 Å². The molecule has 1 aliphatic heterocycles. The van der Waals surface area contributed by atoms with E-state index in [2.05, 4.69) is 17.2 Å². The van der Waals surface area contributed by atoms with Crippen LogP contribution < -0.4 is 5.32 Å². The fourth-order valence-corrected chi connectivity index (χ4v) is 2.48. The lowest BCUT2D eigenvalue weighted by Crippen LogP contribution is -2.48. The van der Waals surface area contributed by atoms with E-state index in [1.54, 1.807) is 6.20 Å². The van der Waals surface area contributed by atoms with Crippen molar-refractivity contribution >= 4 is 5.91 Å². The zero-order chi connectivity index (χ0) is 13.0. The first-order chi connectivity index (χ1) is 8.72. The third kappa shape index (κ3) is 2.88. The molecule has 18 heavy (non-hydrogen) atoms. The van der Waals surface area contributed by atoms with Crippen molar-refractivity contribution in [2.45, 2.75) is 32.7 Å². The Morgan fingerprint density at radius 3 is 3.17 bits per heavy atom. The Hall–Kier alpha value is -1.42. The lowest BCUT2D eigenvalue weighted by Gasteiger charge is -2.33. The minimum absolute atomic E-state index is 0.0655. The number of nitrogens with zero attached hydrogens (tertiary/aromatic N) is 2. The fraction of sp³-hybridized carbons (Fsp3) is 0.571. The maximum atomic E-state index is 12.4. The summed E-state index contributed by atoms with van der Waals surface area (Å²) in [6.07, 6.45) is 3.90. The number of hydrogen-bond donors (Lipinski definition) is 1. The molecule has 1 aromatic rings.